The second kappa shape index (κ2) is 9.29. The van der Waals surface area contributed by atoms with E-state index in [-0.39, 0.29) is 0 Å². The zero-order valence-electron chi connectivity index (χ0n) is 18.9. The summed E-state index contributed by atoms with van der Waals surface area (Å²) in [5, 5.41) is 14.9. The fourth-order valence-electron chi connectivity index (χ4n) is 4.12. The van der Waals surface area contributed by atoms with E-state index in [0.717, 1.165) is 38.2 Å². The van der Waals surface area contributed by atoms with Crippen molar-refractivity contribution in [3.05, 3.63) is 77.3 Å². The lowest BCUT2D eigenvalue weighted by atomic mass is 10.1. The second-order valence-electron chi connectivity index (χ2n) is 8.25. The van der Waals surface area contributed by atoms with E-state index in [1.807, 2.05) is 29.8 Å². The first kappa shape index (κ1) is 22.0. The van der Waals surface area contributed by atoms with Crippen LogP contribution in [-0.2, 0) is 0 Å². The molecule has 0 atom stereocenters. The van der Waals surface area contributed by atoms with E-state index >= 15 is 0 Å². The van der Waals surface area contributed by atoms with E-state index in [1.165, 1.54) is 6.33 Å². The number of aromatic nitrogens is 4. The number of hydrogen-bond donors (Lipinski definition) is 3. The molecule has 2 aromatic carbocycles. The number of amides is 1. The molecule has 0 bridgehead atoms. The van der Waals surface area contributed by atoms with E-state index in [4.69, 9.17) is 4.74 Å². The smallest absolute Gasteiger partial charge is 0.415 e. The van der Waals surface area contributed by atoms with Crippen LogP contribution in [0.25, 0.3) is 26.8 Å². The van der Waals surface area contributed by atoms with Gasteiger partial charge in [-0.3, -0.25) is 0 Å². The Labute approximate surface area is 209 Å². The Hall–Kier alpha value is -4.48. The lowest BCUT2D eigenvalue weighted by Gasteiger charge is -2.25. The molecule has 11 heteroatoms. The predicted molar refractivity (Wildman–Crippen MR) is 140 cm³/mol. The summed E-state index contributed by atoms with van der Waals surface area (Å²) in [6, 6.07) is 14.3. The molecule has 1 amide bonds. The van der Waals surface area contributed by atoms with E-state index < -0.39 is 6.09 Å². The van der Waals surface area contributed by atoms with Crippen molar-refractivity contribution in [1.82, 2.24) is 24.8 Å². The summed E-state index contributed by atoms with van der Waals surface area (Å²) < 4.78 is 6.53. The first-order valence-corrected chi connectivity index (χ1v) is 12.1. The molecule has 0 aliphatic carbocycles. The summed E-state index contributed by atoms with van der Waals surface area (Å²) >= 11 is 1.59. The first-order valence-electron chi connectivity index (χ1n) is 11.2. The van der Waals surface area contributed by atoms with Gasteiger partial charge in [0.05, 0.1) is 21.1 Å². The quantitative estimate of drug-likeness (QED) is 0.270. The van der Waals surface area contributed by atoms with E-state index in [1.54, 1.807) is 46.0 Å². The predicted octanol–water partition coefficient (Wildman–Crippen LogP) is 5.51. The number of aromatic amines is 1. The number of fused-ring (bicyclic) bond motifs is 2. The maximum atomic E-state index is 12.5. The van der Waals surface area contributed by atoms with Crippen molar-refractivity contribution >= 4 is 61.4 Å². The van der Waals surface area contributed by atoms with Gasteiger partial charge in [-0.1, -0.05) is 6.08 Å². The van der Waals surface area contributed by atoms with E-state index in [0.29, 0.717) is 36.8 Å². The van der Waals surface area contributed by atoms with Crippen molar-refractivity contribution < 1.29 is 9.53 Å². The molecule has 0 fully saturated rings. The third-order valence-electron chi connectivity index (χ3n) is 6.01. The molecule has 0 saturated heterocycles. The second-order valence-corrected chi connectivity index (χ2v) is 9.13. The minimum Gasteiger partial charge on any atom is -0.761 e. The van der Waals surface area contributed by atoms with Crippen molar-refractivity contribution in [3.63, 3.8) is 0 Å². The zero-order valence-corrected chi connectivity index (χ0v) is 19.7. The van der Waals surface area contributed by atoms with Gasteiger partial charge in [0.1, 0.15) is 23.5 Å². The van der Waals surface area contributed by atoms with Crippen LogP contribution in [0.1, 0.15) is 12.1 Å². The van der Waals surface area contributed by atoms with Crippen LogP contribution in [0.2, 0.25) is 0 Å². The number of ether oxygens (including phenoxy) is 1. The van der Waals surface area contributed by atoms with Gasteiger partial charge in [0.15, 0.2) is 0 Å². The highest BCUT2D eigenvalue weighted by Crippen LogP contribution is 2.30. The molecule has 10 nitrogen and oxygen atoms in total. The lowest BCUT2D eigenvalue weighted by Crippen LogP contribution is -2.36. The summed E-state index contributed by atoms with van der Waals surface area (Å²) in [6.45, 7) is 0.946. The van der Waals surface area contributed by atoms with Gasteiger partial charge in [-0.2, -0.15) is 0 Å². The number of H-pyrrole nitrogens is 1. The fourth-order valence-corrected chi connectivity index (χ4v) is 4.83. The van der Waals surface area contributed by atoms with Crippen LogP contribution in [0.4, 0.5) is 22.0 Å². The van der Waals surface area contributed by atoms with Crippen molar-refractivity contribution in [2.75, 3.05) is 23.9 Å². The standard InChI is InChI=1S/C25H20N7O3S/c33-25(35-18-4-1-16(31-34)2-5-18)32-9-7-15(8-10-32)21-12-19-23(26-13-27-24(19)30-21)29-17-3-6-20-22(11-17)36-14-28-20/h1-7,11-14,31H,8-10H2,(H2,26,27,29,30)/q-1. The third-order valence-corrected chi connectivity index (χ3v) is 6.80. The summed E-state index contributed by atoms with van der Waals surface area (Å²) in [5.41, 5.74) is 8.71. The SMILES string of the molecule is O=C(Oc1ccc(N[O-])cc1)N1CC=C(c2cc3c(Nc4ccc5ncsc5c4)ncnc3[nH]2)CC1. The van der Waals surface area contributed by atoms with Crippen LogP contribution in [0, 0.1) is 5.21 Å². The highest BCUT2D eigenvalue weighted by molar-refractivity contribution is 7.16. The number of carbonyl (C=O) groups is 1. The van der Waals surface area contributed by atoms with Crippen LogP contribution in [0.5, 0.6) is 5.75 Å². The van der Waals surface area contributed by atoms with Crippen molar-refractivity contribution in [3.8, 4) is 5.75 Å². The molecule has 0 unspecified atom stereocenters. The third kappa shape index (κ3) is 4.32. The zero-order chi connectivity index (χ0) is 24.5. The first-order chi connectivity index (χ1) is 17.7. The Morgan fingerprint density at radius 2 is 1.94 bits per heavy atom. The van der Waals surface area contributed by atoms with Crippen LogP contribution >= 0.6 is 11.3 Å². The number of nitrogens with zero attached hydrogens (tertiary/aromatic N) is 4. The average molecular weight is 499 g/mol. The lowest BCUT2D eigenvalue weighted by molar-refractivity contribution is 0.157. The maximum absolute atomic E-state index is 12.5. The molecule has 1 aliphatic rings. The minimum absolute atomic E-state index is 0.387. The van der Waals surface area contributed by atoms with Crippen molar-refractivity contribution in [2.24, 2.45) is 0 Å². The van der Waals surface area contributed by atoms with Crippen molar-refractivity contribution in [1.29, 1.82) is 0 Å². The normalized spacial score (nSPS) is 13.6. The molecule has 4 heterocycles. The molecule has 180 valence electrons. The Kier molecular flexibility index (Phi) is 5.68. The molecule has 0 saturated carbocycles. The van der Waals surface area contributed by atoms with E-state index in [9.17, 15) is 10.0 Å². The largest absolute Gasteiger partial charge is 0.761 e. The van der Waals surface area contributed by atoms with Gasteiger partial charge < -0.3 is 30.6 Å². The number of benzene rings is 2. The van der Waals surface area contributed by atoms with Gasteiger partial charge in [-0.25, -0.2) is 19.7 Å². The molecular formula is C25H20N7O3S-. The molecule has 36 heavy (non-hydrogen) atoms. The monoisotopic (exact) mass is 498 g/mol. The number of carbonyl (C=O) groups excluding carboxylic acids is 1. The number of hydrogen-bond acceptors (Lipinski definition) is 9. The van der Waals surface area contributed by atoms with Crippen LogP contribution in [-0.4, -0.2) is 44.0 Å². The molecule has 0 radical (unpaired) electrons. The van der Waals surface area contributed by atoms with Gasteiger partial charge >= 0.3 is 6.09 Å². The number of anilines is 3. The van der Waals surface area contributed by atoms with Crippen molar-refractivity contribution in [2.45, 2.75) is 6.42 Å². The Bertz CT molecular complexity index is 1590. The maximum Gasteiger partial charge on any atom is 0.415 e. The van der Waals surface area contributed by atoms with Gasteiger partial charge in [0.25, 0.3) is 0 Å². The Balaban J connectivity index is 1.17. The topological polar surface area (TPSA) is 131 Å². The summed E-state index contributed by atoms with van der Waals surface area (Å²) in [5.74, 6) is 1.10. The number of thiazole rings is 1. The molecule has 6 rings (SSSR count). The minimum atomic E-state index is -0.431. The summed E-state index contributed by atoms with van der Waals surface area (Å²) in [6.07, 6.45) is 3.78. The van der Waals surface area contributed by atoms with Crippen LogP contribution < -0.4 is 15.5 Å². The summed E-state index contributed by atoms with van der Waals surface area (Å²) in [7, 11) is 0. The molecule has 5 aromatic rings. The molecule has 1 aliphatic heterocycles. The fraction of sp³-hybridized carbons (Fsp3) is 0.120. The van der Waals surface area contributed by atoms with E-state index in [2.05, 4.69) is 31.3 Å². The molecule has 3 aromatic heterocycles. The van der Waals surface area contributed by atoms with Crippen LogP contribution in [0.3, 0.4) is 0 Å². The number of rotatable bonds is 5. The van der Waals surface area contributed by atoms with Crippen LogP contribution in [0.15, 0.2) is 66.4 Å². The van der Waals surface area contributed by atoms with Gasteiger partial charge in [-0.05, 0) is 60.5 Å². The Morgan fingerprint density at radius 3 is 2.75 bits per heavy atom. The number of nitrogens with one attached hydrogen (secondary N) is 3. The van der Waals surface area contributed by atoms with Gasteiger partial charge in [0, 0.05) is 30.2 Å². The highest BCUT2D eigenvalue weighted by Gasteiger charge is 2.21. The highest BCUT2D eigenvalue weighted by atomic mass is 32.1. The molecule has 3 N–H and O–H groups in total. The average Bonchev–Trinajstić information content (AvgIpc) is 3.57. The molecule has 0 spiro atoms. The summed E-state index contributed by atoms with van der Waals surface area (Å²) in [4.78, 5) is 30.7. The Morgan fingerprint density at radius 1 is 1.08 bits per heavy atom. The van der Waals surface area contributed by atoms with Gasteiger partial charge in [0.2, 0.25) is 0 Å². The van der Waals surface area contributed by atoms with Gasteiger partial charge in [-0.15, -0.1) is 11.3 Å². The molecular weight excluding hydrogens is 478 g/mol.